The number of nitrogens with one attached hydrogen (secondary N) is 2. The zero-order valence-electron chi connectivity index (χ0n) is 15.9. The third kappa shape index (κ3) is 4.17. The van der Waals surface area contributed by atoms with Crippen molar-refractivity contribution in [2.45, 2.75) is 33.7 Å². The lowest BCUT2D eigenvalue weighted by Gasteiger charge is -2.37. The topological polar surface area (TPSA) is 93.2 Å². The monoisotopic (exact) mass is 388 g/mol. The van der Waals surface area contributed by atoms with Crippen molar-refractivity contribution < 1.29 is 14.3 Å². The van der Waals surface area contributed by atoms with E-state index in [0.29, 0.717) is 24.6 Å². The first-order valence-electron chi connectivity index (χ1n) is 8.86. The highest BCUT2D eigenvalue weighted by Gasteiger charge is 2.42. The molecule has 144 valence electrons. The number of hydrogen-bond acceptors (Lipinski definition) is 6. The molecule has 2 amide bonds. The Morgan fingerprint density at radius 1 is 1.33 bits per heavy atom. The van der Waals surface area contributed by atoms with Crippen molar-refractivity contribution in [3.8, 4) is 0 Å². The molecular weight excluding hydrogens is 364 g/mol. The van der Waals surface area contributed by atoms with Crippen LogP contribution in [0.25, 0.3) is 0 Å². The van der Waals surface area contributed by atoms with Crippen molar-refractivity contribution in [3.63, 3.8) is 0 Å². The van der Waals surface area contributed by atoms with E-state index in [1.165, 1.54) is 11.3 Å². The fourth-order valence-corrected chi connectivity index (χ4v) is 3.71. The van der Waals surface area contributed by atoms with Crippen LogP contribution >= 0.6 is 11.3 Å². The van der Waals surface area contributed by atoms with Gasteiger partial charge in [-0.15, -0.1) is 11.3 Å². The van der Waals surface area contributed by atoms with Crippen LogP contribution in [-0.2, 0) is 9.53 Å². The molecule has 2 aromatic rings. The summed E-state index contributed by atoms with van der Waals surface area (Å²) in [5.74, 6) is -0.192. The molecular formula is C19H24N4O3S. The molecule has 3 heterocycles. The van der Waals surface area contributed by atoms with Gasteiger partial charge in [0, 0.05) is 11.6 Å². The molecule has 3 rings (SSSR count). The van der Waals surface area contributed by atoms with Gasteiger partial charge in [0.05, 0.1) is 36.6 Å². The summed E-state index contributed by atoms with van der Waals surface area (Å²) >= 11 is 1.37. The van der Waals surface area contributed by atoms with E-state index in [4.69, 9.17) is 4.74 Å². The fourth-order valence-electron chi connectivity index (χ4n) is 2.68. The Balaban J connectivity index is 1.72. The summed E-state index contributed by atoms with van der Waals surface area (Å²) in [4.78, 5) is 33.6. The highest BCUT2D eigenvalue weighted by molar-refractivity contribution is 7.10. The third-order valence-electron chi connectivity index (χ3n) is 4.65. The number of nitrogens with zero attached hydrogens (tertiary/aromatic N) is 2. The lowest BCUT2D eigenvalue weighted by molar-refractivity contribution is -0.158. The largest absolute Gasteiger partial charge is 0.379 e. The number of aryl methyl sites for hydroxylation is 1. The summed E-state index contributed by atoms with van der Waals surface area (Å²) in [5.41, 5.74) is 1.43. The van der Waals surface area contributed by atoms with Crippen LogP contribution in [0.1, 0.15) is 47.9 Å². The first kappa shape index (κ1) is 19.4. The van der Waals surface area contributed by atoms with Gasteiger partial charge in [0.25, 0.3) is 5.91 Å². The maximum atomic E-state index is 12.6. The van der Waals surface area contributed by atoms with Crippen LogP contribution < -0.4 is 10.6 Å². The Hall–Kier alpha value is -2.32. The van der Waals surface area contributed by atoms with Crippen molar-refractivity contribution >= 4 is 28.8 Å². The molecule has 27 heavy (non-hydrogen) atoms. The van der Waals surface area contributed by atoms with E-state index >= 15 is 0 Å². The lowest BCUT2D eigenvalue weighted by Crippen LogP contribution is -2.53. The van der Waals surface area contributed by atoms with Gasteiger partial charge < -0.3 is 15.4 Å². The molecule has 0 bridgehead atoms. The molecule has 8 heteroatoms. The minimum absolute atomic E-state index is 0.0420. The SMILES string of the molecule is Cc1ccncc1NC(=O)c1csc([C@H](NC(=O)C2(C)COC2)C(C)C)n1. The van der Waals surface area contributed by atoms with Crippen molar-refractivity contribution in [2.24, 2.45) is 11.3 Å². The summed E-state index contributed by atoms with van der Waals surface area (Å²) in [5, 5.41) is 8.34. The van der Waals surface area contributed by atoms with E-state index in [-0.39, 0.29) is 23.8 Å². The molecule has 1 atom stereocenters. The van der Waals surface area contributed by atoms with Gasteiger partial charge in [0.15, 0.2) is 0 Å². The van der Waals surface area contributed by atoms with E-state index < -0.39 is 5.41 Å². The second-order valence-corrected chi connectivity index (χ2v) is 8.35. The summed E-state index contributed by atoms with van der Waals surface area (Å²) in [6.45, 7) is 8.69. The molecule has 2 aromatic heterocycles. The molecule has 1 aliphatic rings. The number of anilines is 1. The number of aromatic nitrogens is 2. The molecule has 0 aliphatic carbocycles. The van der Waals surface area contributed by atoms with Crippen LogP contribution in [0.2, 0.25) is 0 Å². The molecule has 0 radical (unpaired) electrons. The number of thiazole rings is 1. The van der Waals surface area contributed by atoms with Gasteiger partial charge in [-0.3, -0.25) is 14.6 Å². The summed E-state index contributed by atoms with van der Waals surface area (Å²) in [6, 6.07) is 1.58. The Morgan fingerprint density at radius 2 is 2.07 bits per heavy atom. The molecule has 0 unspecified atom stereocenters. The zero-order valence-corrected chi connectivity index (χ0v) is 16.7. The van der Waals surface area contributed by atoms with Gasteiger partial charge in [-0.2, -0.15) is 0 Å². The second-order valence-electron chi connectivity index (χ2n) is 7.46. The van der Waals surface area contributed by atoms with Crippen LogP contribution in [0.15, 0.2) is 23.8 Å². The van der Waals surface area contributed by atoms with Gasteiger partial charge in [0.2, 0.25) is 5.91 Å². The number of pyridine rings is 1. The minimum Gasteiger partial charge on any atom is -0.379 e. The van der Waals surface area contributed by atoms with Crippen LogP contribution in [0, 0.1) is 18.3 Å². The van der Waals surface area contributed by atoms with Crippen LogP contribution in [-0.4, -0.2) is 35.0 Å². The van der Waals surface area contributed by atoms with Gasteiger partial charge >= 0.3 is 0 Å². The first-order chi connectivity index (χ1) is 12.8. The fraction of sp³-hybridized carbons (Fsp3) is 0.474. The van der Waals surface area contributed by atoms with Gasteiger partial charge in [0.1, 0.15) is 10.7 Å². The summed E-state index contributed by atoms with van der Waals surface area (Å²) in [7, 11) is 0. The van der Waals surface area contributed by atoms with Crippen molar-refractivity contribution in [3.05, 3.63) is 40.1 Å². The molecule has 0 aromatic carbocycles. The maximum Gasteiger partial charge on any atom is 0.275 e. The van der Waals surface area contributed by atoms with E-state index in [2.05, 4.69) is 20.6 Å². The highest BCUT2D eigenvalue weighted by Crippen LogP contribution is 2.31. The normalized spacial score (nSPS) is 16.5. The quantitative estimate of drug-likeness (QED) is 0.794. The number of hydrogen-bond donors (Lipinski definition) is 2. The zero-order chi connectivity index (χ0) is 19.6. The van der Waals surface area contributed by atoms with E-state index in [1.54, 1.807) is 17.8 Å². The van der Waals surface area contributed by atoms with Gasteiger partial charge in [-0.25, -0.2) is 4.98 Å². The average molecular weight is 388 g/mol. The first-order valence-corrected chi connectivity index (χ1v) is 9.74. The molecule has 1 aliphatic heterocycles. The number of carbonyl (C=O) groups excluding carboxylic acids is 2. The van der Waals surface area contributed by atoms with Gasteiger partial charge in [-0.1, -0.05) is 13.8 Å². The van der Waals surface area contributed by atoms with Crippen molar-refractivity contribution in [1.29, 1.82) is 0 Å². The number of amides is 2. The highest BCUT2D eigenvalue weighted by atomic mass is 32.1. The number of rotatable bonds is 6. The molecule has 1 saturated heterocycles. The number of ether oxygens (including phenoxy) is 1. The minimum atomic E-state index is -0.484. The Kier molecular flexibility index (Phi) is 5.57. The predicted octanol–water partition coefficient (Wildman–Crippen LogP) is 2.95. The van der Waals surface area contributed by atoms with Crippen LogP contribution in [0.4, 0.5) is 5.69 Å². The Labute approximate surface area is 162 Å². The van der Waals surface area contributed by atoms with Crippen molar-refractivity contribution in [1.82, 2.24) is 15.3 Å². The Bertz CT molecular complexity index is 845. The summed E-state index contributed by atoms with van der Waals surface area (Å²) < 4.78 is 5.18. The van der Waals surface area contributed by atoms with E-state index in [9.17, 15) is 9.59 Å². The number of carbonyl (C=O) groups is 2. The maximum absolute atomic E-state index is 12.6. The molecule has 7 nitrogen and oxygen atoms in total. The smallest absolute Gasteiger partial charge is 0.275 e. The predicted molar refractivity (Wildman–Crippen MR) is 104 cm³/mol. The van der Waals surface area contributed by atoms with Crippen LogP contribution in [0.3, 0.4) is 0 Å². The standard InChI is InChI=1S/C19H24N4O3S/c1-11(2)15(23-18(25)19(4)9-26-10-19)17-22-14(8-27-17)16(24)21-13-7-20-6-5-12(13)3/h5-8,11,15H,9-10H2,1-4H3,(H,21,24)(H,23,25)/t15-/m1/s1. The van der Waals surface area contributed by atoms with Crippen molar-refractivity contribution in [2.75, 3.05) is 18.5 Å². The molecule has 1 fully saturated rings. The summed E-state index contributed by atoms with van der Waals surface area (Å²) in [6.07, 6.45) is 3.29. The van der Waals surface area contributed by atoms with Crippen LogP contribution in [0.5, 0.6) is 0 Å². The molecule has 0 saturated carbocycles. The average Bonchev–Trinajstić information content (AvgIpc) is 3.08. The second kappa shape index (κ2) is 7.74. The molecule has 0 spiro atoms. The van der Waals surface area contributed by atoms with E-state index in [1.807, 2.05) is 33.8 Å². The van der Waals surface area contributed by atoms with Gasteiger partial charge in [-0.05, 0) is 31.4 Å². The van der Waals surface area contributed by atoms with E-state index in [0.717, 1.165) is 10.6 Å². The molecule has 2 N–H and O–H groups in total. The Morgan fingerprint density at radius 3 is 2.67 bits per heavy atom. The third-order valence-corrected chi connectivity index (χ3v) is 5.58. The lowest BCUT2D eigenvalue weighted by atomic mass is 9.87.